The van der Waals surface area contributed by atoms with E-state index in [1.807, 2.05) is 13.0 Å². The second-order valence-corrected chi connectivity index (χ2v) is 4.35. The Morgan fingerprint density at radius 2 is 1.84 bits per heavy atom. The summed E-state index contributed by atoms with van der Waals surface area (Å²) in [6.07, 6.45) is 0. The minimum atomic E-state index is -0.930. The van der Waals surface area contributed by atoms with Crippen molar-refractivity contribution in [2.24, 2.45) is 0 Å². The number of hydrogen-bond donors (Lipinski definition) is 3. The molecule has 2 rings (SSSR count). The van der Waals surface area contributed by atoms with Gasteiger partial charge >= 0.3 is 5.97 Å². The Morgan fingerprint density at radius 1 is 1.16 bits per heavy atom. The van der Waals surface area contributed by atoms with Crippen LogP contribution in [0.15, 0.2) is 42.5 Å². The van der Waals surface area contributed by atoms with E-state index in [1.165, 1.54) is 0 Å². The summed E-state index contributed by atoms with van der Waals surface area (Å²) in [4.78, 5) is 10.7. The number of aromatic hydroxyl groups is 1. The number of anilines is 1. The maximum absolute atomic E-state index is 10.7. The maximum Gasteiger partial charge on any atom is 0.335 e. The van der Waals surface area contributed by atoms with Crippen molar-refractivity contribution in [3.05, 3.63) is 59.2 Å². The molecule has 0 heterocycles. The van der Waals surface area contributed by atoms with Crippen molar-refractivity contribution in [1.82, 2.24) is 0 Å². The van der Waals surface area contributed by atoms with Crippen LogP contribution in [0, 0.1) is 6.92 Å². The van der Waals surface area contributed by atoms with Crippen LogP contribution in [-0.4, -0.2) is 16.2 Å². The number of phenols is 1. The lowest BCUT2D eigenvalue weighted by Gasteiger charge is -2.09. The van der Waals surface area contributed by atoms with E-state index in [9.17, 15) is 9.90 Å². The van der Waals surface area contributed by atoms with Crippen LogP contribution in [0.1, 0.15) is 21.5 Å². The van der Waals surface area contributed by atoms with Crippen molar-refractivity contribution in [1.29, 1.82) is 0 Å². The van der Waals surface area contributed by atoms with Crippen molar-refractivity contribution in [3.63, 3.8) is 0 Å². The number of carboxylic acids is 1. The normalized spacial score (nSPS) is 10.2. The number of carboxylic acid groups (broad SMARTS) is 1. The summed E-state index contributed by atoms with van der Waals surface area (Å²) in [5.41, 5.74) is 3.22. The van der Waals surface area contributed by atoms with E-state index >= 15 is 0 Å². The molecule has 0 saturated carbocycles. The summed E-state index contributed by atoms with van der Waals surface area (Å²) in [5.74, 6) is -0.673. The van der Waals surface area contributed by atoms with Gasteiger partial charge in [-0.25, -0.2) is 4.79 Å². The predicted molar refractivity (Wildman–Crippen MR) is 73.6 cm³/mol. The summed E-state index contributed by atoms with van der Waals surface area (Å²) in [6, 6.07) is 11.8. The third-order valence-electron chi connectivity index (χ3n) is 2.94. The first-order valence-electron chi connectivity index (χ1n) is 5.92. The molecule has 4 heteroatoms. The highest BCUT2D eigenvalue weighted by Gasteiger charge is 2.02. The zero-order valence-electron chi connectivity index (χ0n) is 10.6. The molecule has 2 aromatic rings. The molecule has 0 aliphatic carbocycles. The fraction of sp³-hybridized carbons (Fsp3) is 0.133. The predicted octanol–water partition coefficient (Wildman–Crippen LogP) is 3.01. The molecule has 0 radical (unpaired) electrons. The van der Waals surface area contributed by atoms with Gasteiger partial charge in [0, 0.05) is 12.2 Å². The van der Waals surface area contributed by atoms with Crippen molar-refractivity contribution in [3.8, 4) is 5.75 Å². The highest BCUT2D eigenvalue weighted by atomic mass is 16.4. The van der Waals surface area contributed by atoms with Crippen molar-refractivity contribution >= 4 is 11.7 Å². The molecule has 0 aliphatic heterocycles. The van der Waals surface area contributed by atoms with Crippen LogP contribution in [0.25, 0.3) is 0 Å². The van der Waals surface area contributed by atoms with Gasteiger partial charge in [-0.15, -0.1) is 0 Å². The number of aryl methyl sites for hydroxylation is 1. The van der Waals surface area contributed by atoms with Crippen LogP contribution in [0.3, 0.4) is 0 Å². The van der Waals surface area contributed by atoms with E-state index in [4.69, 9.17) is 5.11 Å². The number of benzene rings is 2. The molecule has 0 aliphatic rings. The topological polar surface area (TPSA) is 69.6 Å². The zero-order valence-corrected chi connectivity index (χ0v) is 10.6. The Morgan fingerprint density at radius 3 is 2.42 bits per heavy atom. The molecule has 98 valence electrons. The number of hydrogen-bond acceptors (Lipinski definition) is 3. The highest BCUT2D eigenvalue weighted by molar-refractivity contribution is 5.87. The SMILES string of the molecule is Cc1cc(O)ccc1CNc1ccc(C(=O)O)cc1. The first kappa shape index (κ1) is 13.0. The van der Waals surface area contributed by atoms with Gasteiger partial charge in [0.25, 0.3) is 0 Å². The quantitative estimate of drug-likeness (QED) is 0.787. The van der Waals surface area contributed by atoms with Crippen LogP contribution in [0.5, 0.6) is 5.75 Å². The van der Waals surface area contributed by atoms with Gasteiger partial charge in [0.05, 0.1) is 5.56 Å². The molecule has 0 saturated heterocycles. The van der Waals surface area contributed by atoms with Crippen molar-refractivity contribution in [2.75, 3.05) is 5.32 Å². The lowest BCUT2D eigenvalue weighted by molar-refractivity contribution is 0.0697. The fourth-order valence-electron chi connectivity index (χ4n) is 1.81. The summed E-state index contributed by atoms with van der Waals surface area (Å²) in [6.45, 7) is 2.56. The van der Waals surface area contributed by atoms with Crippen LogP contribution in [0.4, 0.5) is 5.69 Å². The number of rotatable bonds is 4. The van der Waals surface area contributed by atoms with Gasteiger partial charge in [-0.05, 0) is 54.4 Å². The highest BCUT2D eigenvalue weighted by Crippen LogP contribution is 2.17. The number of aromatic carboxylic acids is 1. The molecular weight excluding hydrogens is 242 g/mol. The monoisotopic (exact) mass is 257 g/mol. The van der Waals surface area contributed by atoms with Gasteiger partial charge < -0.3 is 15.5 Å². The van der Waals surface area contributed by atoms with Gasteiger partial charge in [0.15, 0.2) is 0 Å². The number of nitrogens with one attached hydrogen (secondary N) is 1. The maximum atomic E-state index is 10.7. The Hall–Kier alpha value is -2.49. The molecule has 2 aromatic carbocycles. The Kier molecular flexibility index (Phi) is 3.71. The molecule has 0 fully saturated rings. The number of carbonyl (C=O) groups is 1. The van der Waals surface area contributed by atoms with Crippen molar-refractivity contribution < 1.29 is 15.0 Å². The average molecular weight is 257 g/mol. The largest absolute Gasteiger partial charge is 0.508 e. The smallest absolute Gasteiger partial charge is 0.335 e. The molecular formula is C15H15NO3. The summed E-state index contributed by atoms with van der Waals surface area (Å²) >= 11 is 0. The molecule has 0 amide bonds. The van der Waals surface area contributed by atoms with Gasteiger partial charge in [0.1, 0.15) is 5.75 Å². The second-order valence-electron chi connectivity index (χ2n) is 4.35. The third kappa shape index (κ3) is 3.25. The fourth-order valence-corrected chi connectivity index (χ4v) is 1.81. The second kappa shape index (κ2) is 5.44. The van der Waals surface area contributed by atoms with Crippen LogP contribution >= 0.6 is 0 Å². The molecule has 0 spiro atoms. The molecule has 3 N–H and O–H groups in total. The van der Waals surface area contributed by atoms with Crippen LogP contribution in [-0.2, 0) is 6.54 Å². The van der Waals surface area contributed by atoms with E-state index < -0.39 is 5.97 Å². The van der Waals surface area contributed by atoms with Gasteiger partial charge in [0.2, 0.25) is 0 Å². The van der Waals surface area contributed by atoms with E-state index in [2.05, 4.69) is 5.32 Å². The standard InChI is InChI=1S/C15H15NO3/c1-10-8-14(17)7-4-12(10)9-16-13-5-2-11(3-6-13)15(18)19/h2-8,16-17H,9H2,1H3,(H,18,19). The van der Waals surface area contributed by atoms with E-state index in [0.29, 0.717) is 6.54 Å². The van der Waals surface area contributed by atoms with Crippen molar-refractivity contribution in [2.45, 2.75) is 13.5 Å². The van der Waals surface area contributed by atoms with E-state index in [1.54, 1.807) is 36.4 Å². The molecule has 4 nitrogen and oxygen atoms in total. The van der Waals surface area contributed by atoms with Crippen LogP contribution in [0.2, 0.25) is 0 Å². The minimum absolute atomic E-state index is 0.257. The first-order valence-corrected chi connectivity index (χ1v) is 5.92. The summed E-state index contributed by atoms with van der Waals surface area (Å²) < 4.78 is 0. The molecule has 0 bridgehead atoms. The summed E-state index contributed by atoms with van der Waals surface area (Å²) in [5, 5.41) is 21.3. The van der Waals surface area contributed by atoms with Gasteiger partial charge in [-0.3, -0.25) is 0 Å². The van der Waals surface area contributed by atoms with Gasteiger partial charge in [-0.1, -0.05) is 6.07 Å². The zero-order chi connectivity index (χ0) is 13.8. The Labute approximate surface area is 111 Å². The Bertz CT molecular complexity index is 591. The first-order chi connectivity index (χ1) is 9.06. The summed E-state index contributed by atoms with van der Waals surface area (Å²) in [7, 11) is 0. The van der Waals surface area contributed by atoms with Gasteiger partial charge in [-0.2, -0.15) is 0 Å². The molecule has 0 aromatic heterocycles. The molecule has 0 atom stereocenters. The Balaban J connectivity index is 2.04. The lowest BCUT2D eigenvalue weighted by atomic mass is 10.1. The molecule has 19 heavy (non-hydrogen) atoms. The number of phenolic OH excluding ortho intramolecular Hbond substituents is 1. The average Bonchev–Trinajstić information content (AvgIpc) is 2.38. The van der Waals surface area contributed by atoms with Crippen LogP contribution < -0.4 is 5.32 Å². The van der Waals surface area contributed by atoms with E-state index in [0.717, 1.165) is 16.8 Å². The lowest BCUT2D eigenvalue weighted by Crippen LogP contribution is -2.02. The van der Waals surface area contributed by atoms with E-state index in [-0.39, 0.29) is 11.3 Å². The minimum Gasteiger partial charge on any atom is -0.508 e. The third-order valence-corrected chi connectivity index (χ3v) is 2.94. The molecule has 0 unspecified atom stereocenters.